The predicted octanol–water partition coefficient (Wildman–Crippen LogP) is 1.48. The lowest BCUT2D eigenvalue weighted by atomic mass is 10.1. The number of nitrogens with one attached hydrogen (secondary N) is 1. The standard InChI is InChI=1S/C11H16N2O3/c1-13-6-2-3-8(7-13)12-10-5-4-9(16-10)11(14)15/h4-5,8,12H,2-3,6-7H2,1H3,(H,14,15). The highest BCUT2D eigenvalue weighted by Crippen LogP contribution is 2.18. The minimum absolute atomic E-state index is 0.0216. The number of carbonyl (C=O) groups is 1. The molecule has 0 aliphatic carbocycles. The first-order chi connectivity index (χ1) is 7.65. The average Bonchev–Trinajstić information content (AvgIpc) is 2.66. The molecule has 1 unspecified atom stereocenters. The summed E-state index contributed by atoms with van der Waals surface area (Å²) in [4.78, 5) is 12.9. The molecule has 2 N–H and O–H groups in total. The number of anilines is 1. The Hall–Kier alpha value is -1.49. The van der Waals surface area contributed by atoms with Gasteiger partial charge in [0.05, 0.1) is 0 Å². The largest absolute Gasteiger partial charge is 0.475 e. The number of nitrogens with zero attached hydrogens (tertiary/aromatic N) is 1. The molecule has 0 amide bonds. The van der Waals surface area contributed by atoms with Gasteiger partial charge in [-0.3, -0.25) is 0 Å². The van der Waals surface area contributed by atoms with Gasteiger partial charge in [-0.15, -0.1) is 0 Å². The highest BCUT2D eigenvalue weighted by atomic mass is 16.4. The Morgan fingerprint density at radius 2 is 2.44 bits per heavy atom. The van der Waals surface area contributed by atoms with E-state index in [4.69, 9.17) is 9.52 Å². The molecule has 1 aromatic heterocycles. The fraction of sp³-hybridized carbons (Fsp3) is 0.545. The second-order valence-electron chi connectivity index (χ2n) is 4.21. The molecule has 0 radical (unpaired) electrons. The Morgan fingerprint density at radius 1 is 1.62 bits per heavy atom. The average molecular weight is 224 g/mol. The molecular weight excluding hydrogens is 208 g/mol. The first kappa shape index (κ1) is 11.0. The molecule has 5 nitrogen and oxygen atoms in total. The quantitative estimate of drug-likeness (QED) is 0.814. The molecule has 0 spiro atoms. The van der Waals surface area contributed by atoms with Gasteiger partial charge in [-0.05, 0) is 32.5 Å². The van der Waals surface area contributed by atoms with Gasteiger partial charge in [0.25, 0.3) is 0 Å². The third-order valence-electron chi connectivity index (χ3n) is 2.79. The van der Waals surface area contributed by atoms with Gasteiger partial charge in [-0.25, -0.2) is 4.79 Å². The van der Waals surface area contributed by atoms with E-state index in [0.717, 1.165) is 25.9 Å². The van der Waals surface area contributed by atoms with Crippen molar-refractivity contribution in [3.05, 3.63) is 17.9 Å². The summed E-state index contributed by atoms with van der Waals surface area (Å²) in [6.45, 7) is 2.08. The van der Waals surface area contributed by atoms with Crippen LogP contribution in [0.25, 0.3) is 0 Å². The van der Waals surface area contributed by atoms with Crippen LogP contribution < -0.4 is 5.32 Å². The molecule has 2 rings (SSSR count). The number of likely N-dealkylation sites (N-methyl/N-ethyl adjacent to an activating group) is 1. The van der Waals surface area contributed by atoms with Crippen molar-refractivity contribution in [1.82, 2.24) is 4.90 Å². The Labute approximate surface area is 94.0 Å². The Morgan fingerprint density at radius 3 is 3.06 bits per heavy atom. The van der Waals surface area contributed by atoms with Crippen molar-refractivity contribution in [2.45, 2.75) is 18.9 Å². The van der Waals surface area contributed by atoms with E-state index in [1.54, 1.807) is 6.07 Å². The Kier molecular flexibility index (Phi) is 3.14. The molecule has 0 bridgehead atoms. The maximum Gasteiger partial charge on any atom is 0.371 e. The first-order valence-electron chi connectivity index (χ1n) is 5.43. The number of carboxylic acids is 1. The van der Waals surface area contributed by atoms with E-state index in [1.807, 2.05) is 0 Å². The molecule has 5 heteroatoms. The van der Waals surface area contributed by atoms with Crippen molar-refractivity contribution >= 4 is 11.9 Å². The summed E-state index contributed by atoms with van der Waals surface area (Å²) in [7, 11) is 2.08. The second-order valence-corrected chi connectivity index (χ2v) is 4.21. The van der Waals surface area contributed by atoms with Gasteiger partial charge in [0, 0.05) is 18.7 Å². The summed E-state index contributed by atoms with van der Waals surface area (Å²) in [5.74, 6) is -0.516. The summed E-state index contributed by atoms with van der Waals surface area (Å²) >= 11 is 0. The van der Waals surface area contributed by atoms with Crippen LogP contribution in [0.3, 0.4) is 0 Å². The van der Waals surface area contributed by atoms with Crippen LogP contribution in [0, 0.1) is 0 Å². The summed E-state index contributed by atoms with van der Waals surface area (Å²) in [5.41, 5.74) is 0. The molecule has 16 heavy (non-hydrogen) atoms. The van der Waals surface area contributed by atoms with E-state index < -0.39 is 5.97 Å². The van der Waals surface area contributed by atoms with Gasteiger partial charge in [-0.2, -0.15) is 0 Å². The molecule has 0 saturated carbocycles. The van der Waals surface area contributed by atoms with E-state index in [0.29, 0.717) is 11.9 Å². The maximum atomic E-state index is 10.6. The number of likely N-dealkylation sites (tertiary alicyclic amines) is 1. The van der Waals surface area contributed by atoms with Gasteiger partial charge < -0.3 is 19.7 Å². The number of carboxylic acid groups (broad SMARTS) is 1. The van der Waals surface area contributed by atoms with Gasteiger partial charge >= 0.3 is 5.97 Å². The molecular formula is C11H16N2O3. The highest BCUT2D eigenvalue weighted by molar-refractivity contribution is 5.84. The lowest BCUT2D eigenvalue weighted by Crippen LogP contribution is -2.39. The van der Waals surface area contributed by atoms with Crippen molar-refractivity contribution < 1.29 is 14.3 Å². The molecule has 1 saturated heterocycles. The molecule has 0 aromatic carbocycles. The molecule has 1 aliphatic rings. The molecule has 88 valence electrons. The molecule has 1 aliphatic heterocycles. The van der Waals surface area contributed by atoms with E-state index in [9.17, 15) is 4.79 Å². The predicted molar refractivity (Wildman–Crippen MR) is 59.8 cm³/mol. The third kappa shape index (κ3) is 2.55. The van der Waals surface area contributed by atoms with Crippen LogP contribution in [0.5, 0.6) is 0 Å². The van der Waals surface area contributed by atoms with Crippen LogP contribution in [0.15, 0.2) is 16.5 Å². The van der Waals surface area contributed by atoms with Crippen molar-refractivity contribution in [2.24, 2.45) is 0 Å². The van der Waals surface area contributed by atoms with Gasteiger partial charge in [0.2, 0.25) is 5.76 Å². The zero-order valence-corrected chi connectivity index (χ0v) is 9.27. The van der Waals surface area contributed by atoms with Gasteiger partial charge in [-0.1, -0.05) is 0 Å². The molecule has 2 heterocycles. The first-order valence-corrected chi connectivity index (χ1v) is 5.43. The van der Waals surface area contributed by atoms with E-state index in [2.05, 4.69) is 17.3 Å². The minimum Gasteiger partial charge on any atom is -0.475 e. The number of rotatable bonds is 3. The van der Waals surface area contributed by atoms with Crippen molar-refractivity contribution in [1.29, 1.82) is 0 Å². The summed E-state index contributed by atoms with van der Waals surface area (Å²) in [6.07, 6.45) is 2.24. The number of hydrogen-bond donors (Lipinski definition) is 2. The molecule has 1 atom stereocenters. The number of piperidine rings is 1. The van der Waals surface area contributed by atoms with Crippen LogP contribution in [-0.2, 0) is 0 Å². The van der Waals surface area contributed by atoms with Crippen molar-refractivity contribution in [3.63, 3.8) is 0 Å². The van der Waals surface area contributed by atoms with Crippen molar-refractivity contribution in [2.75, 3.05) is 25.5 Å². The van der Waals surface area contributed by atoms with Crippen LogP contribution >= 0.6 is 0 Å². The summed E-state index contributed by atoms with van der Waals surface area (Å²) in [6, 6.07) is 3.47. The molecule has 1 fully saturated rings. The van der Waals surface area contributed by atoms with Crippen LogP contribution in [-0.4, -0.2) is 42.2 Å². The number of hydrogen-bond acceptors (Lipinski definition) is 4. The highest BCUT2D eigenvalue weighted by Gasteiger charge is 2.18. The second kappa shape index (κ2) is 4.57. The fourth-order valence-corrected chi connectivity index (χ4v) is 2.02. The smallest absolute Gasteiger partial charge is 0.371 e. The third-order valence-corrected chi connectivity index (χ3v) is 2.79. The van der Waals surface area contributed by atoms with E-state index in [-0.39, 0.29) is 5.76 Å². The van der Waals surface area contributed by atoms with Crippen LogP contribution in [0.1, 0.15) is 23.4 Å². The van der Waals surface area contributed by atoms with E-state index >= 15 is 0 Å². The molecule has 1 aromatic rings. The normalized spacial score (nSPS) is 21.9. The summed E-state index contributed by atoms with van der Waals surface area (Å²) in [5, 5.41) is 11.9. The lowest BCUT2D eigenvalue weighted by Gasteiger charge is -2.29. The topological polar surface area (TPSA) is 65.7 Å². The maximum absolute atomic E-state index is 10.6. The summed E-state index contributed by atoms with van der Waals surface area (Å²) < 4.78 is 5.15. The Balaban J connectivity index is 1.95. The number of furan rings is 1. The van der Waals surface area contributed by atoms with Crippen LogP contribution in [0.4, 0.5) is 5.88 Å². The van der Waals surface area contributed by atoms with Gasteiger partial charge in [0.15, 0.2) is 5.88 Å². The SMILES string of the molecule is CN1CCCC(Nc2ccc(C(=O)O)o2)C1. The Bertz CT molecular complexity index is 375. The van der Waals surface area contributed by atoms with Crippen molar-refractivity contribution in [3.8, 4) is 0 Å². The monoisotopic (exact) mass is 224 g/mol. The fourth-order valence-electron chi connectivity index (χ4n) is 2.02. The minimum atomic E-state index is -1.03. The lowest BCUT2D eigenvalue weighted by molar-refractivity contribution is 0.0663. The zero-order valence-electron chi connectivity index (χ0n) is 9.27. The zero-order chi connectivity index (χ0) is 11.5. The van der Waals surface area contributed by atoms with Crippen LogP contribution in [0.2, 0.25) is 0 Å². The number of aromatic carboxylic acids is 1. The van der Waals surface area contributed by atoms with E-state index in [1.165, 1.54) is 6.07 Å². The van der Waals surface area contributed by atoms with Gasteiger partial charge in [0.1, 0.15) is 0 Å².